The fraction of sp³-hybridized carbons (Fsp3) is 0.231. The van der Waals surface area contributed by atoms with Gasteiger partial charge >= 0.3 is 0 Å². The standard InChI is InChI=1S/C26H25Cl4N3O/c27-21-9-6-19(7-10-21)25(34-17-20-8-11-22(28)16-24(20)29)26(30)33-15-14-32(18-33)13-12-31-23-4-2-1-3-5-23/h1-11,14-16,25-26,31H,12-13,17-18H2. The van der Waals surface area contributed by atoms with E-state index >= 15 is 0 Å². The minimum atomic E-state index is -0.435. The number of hydrogen-bond acceptors (Lipinski definition) is 4. The summed E-state index contributed by atoms with van der Waals surface area (Å²) in [5, 5.41) is 5.24. The van der Waals surface area contributed by atoms with Crippen molar-refractivity contribution in [2.45, 2.75) is 18.2 Å². The van der Waals surface area contributed by atoms with Crippen molar-refractivity contribution in [1.29, 1.82) is 0 Å². The zero-order chi connectivity index (χ0) is 23.9. The number of nitrogens with zero attached hydrogens (tertiary/aromatic N) is 2. The first kappa shape index (κ1) is 25.0. The molecule has 0 bridgehead atoms. The van der Waals surface area contributed by atoms with E-state index in [9.17, 15) is 0 Å². The second-order valence-corrected chi connectivity index (χ2v) is 9.68. The normalized spacial score (nSPS) is 14.9. The highest BCUT2D eigenvalue weighted by Gasteiger charge is 2.29. The average molecular weight is 537 g/mol. The molecule has 3 aromatic carbocycles. The Morgan fingerprint density at radius 3 is 2.35 bits per heavy atom. The van der Waals surface area contributed by atoms with Crippen LogP contribution in [0.25, 0.3) is 0 Å². The molecule has 1 aliphatic heterocycles. The molecule has 4 nitrogen and oxygen atoms in total. The van der Waals surface area contributed by atoms with Crippen molar-refractivity contribution in [2.24, 2.45) is 0 Å². The van der Waals surface area contributed by atoms with E-state index < -0.39 is 11.6 Å². The fourth-order valence-electron chi connectivity index (χ4n) is 3.67. The van der Waals surface area contributed by atoms with Crippen molar-refractivity contribution >= 4 is 52.1 Å². The van der Waals surface area contributed by atoms with Crippen LogP contribution >= 0.6 is 46.4 Å². The SMILES string of the molecule is Clc1ccc(C(OCc2ccc(Cl)cc2Cl)C(Cl)N2C=CN(CCNc3ccccc3)C2)cc1. The Balaban J connectivity index is 1.39. The molecule has 0 saturated carbocycles. The van der Waals surface area contributed by atoms with Crippen LogP contribution in [0.3, 0.4) is 0 Å². The third-order valence-electron chi connectivity index (χ3n) is 5.51. The van der Waals surface area contributed by atoms with Crippen LogP contribution < -0.4 is 5.32 Å². The zero-order valence-electron chi connectivity index (χ0n) is 18.4. The highest BCUT2D eigenvalue weighted by molar-refractivity contribution is 6.35. The first-order chi connectivity index (χ1) is 16.5. The lowest BCUT2D eigenvalue weighted by Gasteiger charge is -2.31. The van der Waals surface area contributed by atoms with E-state index in [1.807, 2.05) is 54.7 Å². The summed E-state index contributed by atoms with van der Waals surface area (Å²) in [6, 6.07) is 23.1. The highest BCUT2D eigenvalue weighted by atomic mass is 35.5. The van der Waals surface area contributed by atoms with Crippen molar-refractivity contribution in [2.75, 3.05) is 25.1 Å². The molecule has 2 atom stereocenters. The molecule has 3 aromatic rings. The van der Waals surface area contributed by atoms with Crippen molar-refractivity contribution in [1.82, 2.24) is 9.80 Å². The summed E-state index contributed by atoms with van der Waals surface area (Å²) >= 11 is 25.5. The van der Waals surface area contributed by atoms with Gasteiger partial charge in [-0.25, -0.2) is 0 Å². The molecule has 1 aliphatic rings. The van der Waals surface area contributed by atoms with E-state index in [4.69, 9.17) is 51.1 Å². The maximum Gasteiger partial charge on any atom is 0.135 e. The van der Waals surface area contributed by atoms with Crippen LogP contribution in [-0.4, -0.2) is 35.1 Å². The van der Waals surface area contributed by atoms with Crippen LogP contribution in [0.15, 0.2) is 85.2 Å². The van der Waals surface area contributed by atoms with E-state index in [2.05, 4.69) is 33.4 Å². The topological polar surface area (TPSA) is 27.7 Å². The molecule has 0 saturated heterocycles. The second-order valence-electron chi connectivity index (χ2n) is 7.95. The monoisotopic (exact) mass is 535 g/mol. The molecule has 1 N–H and O–H groups in total. The van der Waals surface area contributed by atoms with Crippen LogP contribution in [0.1, 0.15) is 17.2 Å². The van der Waals surface area contributed by atoms with Crippen LogP contribution in [0.4, 0.5) is 5.69 Å². The summed E-state index contributed by atoms with van der Waals surface area (Å²) in [5.74, 6) is 0. The molecule has 4 rings (SSSR count). The third-order valence-corrected chi connectivity index (χ3v) is 6.83. The number of para-hydroxylation sites is 1. The van der Waals surface area contributed by atoms with Gasteiger partial charge in [0.15, 0.2) is 0 Å². The van der Waals surface area contributed by atoms with Gasteiger partial charge in [0.25, 0.3) is 0 Å². The minimum absolute atomic E-state index is 0.300. The molecule has 0 fully saturated rings. The lowest BCUT2D eigenvalue weighted by atomic mass is 10.1. The molecule has 0 amide bonds. The number of ether oxygens (including phenoxy) is 1. The van der Waals surface area contributed by atoms with E-state index in [-0.39, 0.29) is 0 Å². The van der Waals surface area contributed by atoms with Gasteiger partial charge in [-0.3, -0.25) is 0 Å². The number of alkyl halides is 1. The Morgan fingerprint density at radius 1 is 0.882 bits per heavy atom. The number of nitrogens with one attached hydrogen (secondary N) is 1. The van der Waals surface area contributed by atoms with Gasteiger partial charge in [-0.2, -0.15) is 0 Å². The van der Waals surface area contributed by atoms with Gasteiger partial charge in [-0.1, -0.05) is 82.8 Å². The Kier molecular flexibility index (Phi) is 8.87. The molecule has 178 valence electrons. The Labute approximate surface area is 220 Å². The smallest absolute Gasteiger partial charge is 0.135 e. The molecule has 0 aliphatic carbocycles. The molecule has 2 unspecified atom stereocenters. The van der Waals surface area contributed by atoms with Crippen LogP contribution in [0.5, 0.6) is 0 Å². The number of anilines is 1. The number of halogens is 4. The van der Waals surface area contributed by atoms with E-state index in [1.165, 1.54) is 0 Å². The highest BCUT2D eigenvalue weighted by Crippen LogP contribution is 2.32. The fourth-order valence-corrected chi connectivity index (χ4v) is 4.60. The maximum atomic E-state index is 6.97. The van der Waals surface area contributed by atoms with Crippen LogP contribution in [-0.2, 0) is 11.3 Å². The first-order valence-corrected chi connectivity index (χ1v) is 12.5. The van der Waals surface area contributed by atoms with Gasteiger partial charge in [-0.05, 0) is 47.5 Å². The van der Waals surface area contributed by atoms with Gasteiger partial charge in [-0.15, -0.1) is 0 Å². The summed E-state index contributed by atoms with van der Waals surface area (Å²) in [5.41, 5.74) is 2.46. The van der Waals surface area contributed by atoms with E-state index in [1.54, 1.807) is 12.1 Å². The van der Waals surface area contributed by atoms with Crippen molar-refractivity contribution in [3.8, 4) is 0 Å². The number of rotatable bonds is 10. The number of benzene rings is 3. The molecule has 34 heavy (non-hydrogen) atoms. The van der Waals surface area contributed by atoms with Crippen molar-refractivity contribution < 1.29 is 4.74 Å². The Bertz CT molecular complexity index is 1090. The summed E-state index contributed by atoms with van der Waals surface area (Å²) in [6.07, 6.45) is 3.65. The summed E-state index contributed by atoms with van der Waals surface area (Å²) < 4.78 is 6.31. The second kappa shape index (κ2) is 12.1. The van der Waals surface area contributed by atoms with Crippen molar-refractivity contribution in [3.63, 3.8) is 0 Å². The first-order valence-electron chi connectivity index (χ1n) is 10.9. The molecular formula is C26H25Cl4N3O. The predicted molar refractivity (Wildman–Crippen MR) is 143 cm³/mol. The van der Waals surface area contributed by atoms with Crippen LogP contribution in [0, 0.1) is 0 Å². The lowest BCUT2D eigenvalue weighted by Crippen LogP contribution is -2.36. The quantitative estimate of drug-likeness (QED) is 0.213. The van der Waals surface area contributed by atoms with Gasteiger partial charge < -0.3 is 19.9 Å². The minimum Gasteiger partial charge on any atom is -0.383 e. The molecule has 0 aromatic heterocycles. The van der Waals surface area contributed by atoms with Crippen molar-refractivity contribution in [3.05, 3.63) is 111 Å². The summed E-state index contributed by atoms with van der Waals surface area (Å²) in [7, 11) is 0. The Hall–Kier alpha value is -2.08. The number of hydrogen-bond donors (Lipinski definition) is 1. The third kappa shape index (κ3) is 6.74. The van der Waals surface area contributed by atoms with E-state index in [0.717, 1.165) is 29.9 Å². The summed E-state index contributed by atoms with van der Waals surface area (Å²) in [6.45, 7) is 2.63. The predicted octanol–water partition coefficient (Wildman–Crippen LogP) is 7.63. The average Bonchev–Trinajstić information content (AvgIpc) is 3.31. The summed E-state index contributed by atoms with van der Waals surface area (Å²) in [4.78, 5) is 4.27. The maximum absolute atomic E-state index is 6.97. The van der Waals surface area contributed by atoms with Crippen LogP contribution in [0.2, 0.25) is 15.1 Å². The van der Waals surface area contributed by atoms with Gasteiger partial charge in [0.05, 0.1) is 13.3 Å². The zero-order valence-corrected chi connectivity index (χ0v) is 21.4. The molecule has 0 spiro atoms. The molecule has 0 radical (unpaired) electrons. The van der Waals surface area contributed by atoms with Gasteiger partial charge in [0.1, 0.15) is 11.6 Å². The van der Waals surface area contributed by atoms with E-state index in [0.29, 0.717) is 28.3 Å². The Morgan fingerprint density at radius 2 is 1.62 bits per heavy atom. The van der Waals surface area contributed by atoms with Gasteiger partial charge in [0.2, 0.25) is 0 Å². The molecule has 1 heterocycles. The molecular weight excluding hydrogens is 512 g/mol. The van der Waals surface area contributed by atoms with Gasteiger partial charge in [0, 0.05) is 46.2 Å². The largest absolute Gasteiger partial charge is 0.383 e. The lowest BCUT2D eigenvalue weighted by molar-refractivity contribution is 0.00698. The molecule has 8 heteroatoms.